The minimum atomic E-state index is -0.00758. The predicted molar refractivity (Wildman–Crippen MR) is 97.6 cm³/mol. The van der Waals surface area contributed by atoms with E-state index < -0.39 is 0 Å². The highest BCUT2D eigenvalue weighted by Gasteiger charge is 2.47. The Morgan fingerprint density at radius 2 is 2.24 bits per heavy atom. The van der Waals surface area contributed by atoms with Gasteiger partial charge in [-0.15, -0.1) is 11.3 Å². The van der Waals surface area contributed by atoms with Crippen LogP contribution < -0.4 is 0 Å². The van der Waals surface area contributed by atoms with Crippen LogP contribution in [0.3, 0.4) is 0 Å². The quantitative estimate of drug-likeness (QED) is 0.821. The van der Waals surface area contributed by atoms with Crippen molar-refractivity contribution in [2.24, 2.45) is 0 Å². The Bertz CT molecular complexity index is 727. The Kier molecular flexibility index (Phi) is 4.86. The lowest BCUT2D eigenvalue weighted by Crippen LogP contribution is -2.65. The number of ether oxygens (including phenoxy) is 2. The third-order valence-corrected chi connectivity index (χ3v) is 6.02. The Balaban J connectivity index is 1.28. The lowest BCUT2D eigenvalue weighted by Gasteiger charge is -2.53. The van der Waals surface area contributed by atoms with E-state index in [1.807, 2.05) is 17.9 Å². The van der Waals surface area contributed by atoms with Crippen molar-refractivity contribution in [1.82, 2.24) is 14.9 Å². The molecule has 1 spiro atoms. The molecule has 2 aromatic rings. The van der Waals surface area contributed by atoms with Crippen molar-refractivity contribution >= 4 is 11.3 Å². The van der Waals surface area contributed by atoms with Crippen LogP contribution in [-0.4, -0.2) is 46.3 Å². The molecule has 134 valence electrons. The Hall–Kier alpha value is -1.34. The molecule has 2 aromatic heterocycles. The lowest BCUT2D eigenvalue weighted by molar-refractivity contribution is -0.200. The van der Waals surface area contributed by atoms with E-state index in [4.69, 9.17) is 9.47 Å². The monoisotopic (exact) mass is 359 g/mol. The smallest absolute Gasteiger partial charge is 0.0959 e. The summed E-state index contributed by atoms with van der Waals surface area (Å²) in [5.74, 6) is 0. The normalized spacial score (nSPS) is 22.9. The molecule has 1 atom stereocenters. The van der Waals surface area contributed by atoms with Crippen LogP contribution in [0.5, 0.6) is 0 Å². The summed E-state index contributed by atoms with van der Waals surface area (Å²) >= 11 is 1.75. The number of aryl methyl sites for hydroxylation is 2. The predicted octanol–water partition coefficient (Wildman–Crippen LogP) is 3.11. The first kappa shape index (κ1) is 17.1. The highest BCUT2D eigenvalue weighted by atomic mass is 32.1. The van der Waals surface area contributed by atoms with E-state index >= 15 is 0 Å². The van der Waals surface area contributed by atoms with Crippen LogP contribution in [0.15, 0.2) is 24.0 Å². The van der Waals surface area contributed by atoms with Gasteiger partial charge in [-0.1, -0.05) is 6.07 Å². The van der Waals surface area contributed by atoms with Crippen LogP contribution >= 0.6 is 11.3 Å². The highest BCUT2D eigenvalue weighted by molar-refractivity contribution is 7.09. The van der Waals surface area contributed by atoms with Gasteiger partial charge in [-0.2, -0.15) is 0 Å². The molecule has 2 aliphatic heterocycles. The van der Waals surface area contributed by atoms with Crippen LogP contribution in [0.2, 0.25) is 0 Å². The molecule has 0 unspecified atom stereocenters. The molecule has 0 radical (unpaired) electrons. The number of rotatable bonds is 5. The van der Waals surface area contributed by atoms with Crippen molar-refractivity contribution in [1.29, 1.82) is 0 Å². The minimum absolute atomic E-state index is 0.00758. The minimum Gasteiger partial charge on any atom is -0.373 e. The van der Waals surface area contributed by atoms with E-state index in [0.29, 0.717) is 6.61 Å². The van der Waals surface area contributed by atoms with Gasteiger partial charge in [0, 0.05) is 49.9 Å². The molecule has 25 heavy (non-hydrogen) atoms. The maximum Gasteiger partial charge on any atom is 0.0959 e. The molecule has 6 heteroatoms. The van der Waals surface area contributed by atoms with Gasteiger partial charge >= 0.3 is 0 Å². The molecule has 0 saturated carbocycles. The molecule has 2 aliphatic rings. The molecule has 5 nitrogen and oxygen atoms in total. The first-order valence-electron chi connectivity index (χ1n) is 8.89. The van der Waals surface area contributed by atoms with Gasteiger partial charge in [0.25, 0.3) is 0 Å². The summed E-state index contributed by atoms with van der Waals surface area (Å²) in [7, 11) is 0. The van der Waals surface area contributed by atoms with Crippen molar-refractivity contribution in [3.63, 3.8) is 0 Å². The molecule has 0 aliphatic carbocycles. The second-order valence-corrected chi connectivity index (χ2v) is 8.27. The zero-order valence-corrected chi connectivity index (χ0v) is 15.7. The number of hydrogen-bond acceptors (Lipinski definition) is 6. The number of hydrogen-bond donors (Lipinski definition) is 0. The number of thiazole rings is 1. The highest BCUT2D eigenvalue weighted by Crippen LogP contribution is 2.36. The fraction of sp³-hybridized carbons (Fsp3) is 0.579. The largest absolute Gasteiger partial charge is 0.373 e. The van der Waals surface area contributed by atoms with Gasteiger partial charge in [-0.25, -0.2) is 4.98 Å². The molecule has 4 rings (SSSR count). The van der Waals surface area contributed by atoms with Crippen molar-refractivity contribution in [2.45, 2.75) is 51.5 Å². The number of likely N-dealkylation sites (tertiary alicyclic amines) is 1. The summed E-state index contributed by atoms with van der Waals surface area (Å²) in [6, 6.07) is 2.14. The van der Waals surface area contributed by atoms with E-state index in [9.17, 15) is 0 Å². The van der Waals surface area contributed by atoms with E-state index in [1.165, 1.54) is 10.4 Å². The van der Waals surface area contributed by atoms with E-state index in [0.717, 1.165) is 50.3 Å². The standard InChI is InChI=1S/C19H25N3O2S/c1-14-5-16(8-20-7-14)10-23-17-3-4-24-19(6-17)11-22(12-19)9-18-15(2)21-13-25-18/h5,7-8,13,17H,3-4,6,9-12H2,1-2H3/t17-/m0/s1. The average molecular weight is 359 g/mol. The fourth-order valence-electron chi connectivity index (χ4n) is 3.82. The summed E-state index contributed by atoms with van der Waals surface area (Å²) in [5, 5.41) is 0. The topological polar surface area (TPSA) is 47.5 Å². The molecule has 0 N–H and O–H groups in total. The zero-order chi connectivity index (χ0) is 17.3. The second kappa shape index (κ2) is 7.11. The first-order valence-corrected chi connectivity index (χ1v) is 9.77. The van der Waals surface area contributed by atoms with Crippen molar-refractivity contribution < 1.29 is 9.47 Å². The molecular weight excluding hydrogens is 334 g/mol. The Morgan fingerprint density at radius 1 is 1.36 bits per heavy atom. The Labute approximate surface area is 153 Å². The van der Waals surface area contributed by atoms with Crippen LogP contribution in [0, 0.1) is 13.8 Å². The zero-order valence-electron chi connectivity index (χ0n) is 14.9. The van der Waals surface area contributed by atoms with Gasteiger partial charge in [0.05, 0.1) is 29.5 Å². The maximum atomic E-state index is 6.17. The van der Waals surface area contributed by atoms with Crippen molar-refractivity contribution in [2.75, 3.05) is 19.7 Å². The maximum absolute atomic E-state index is 6.17. The van der Waals surface area contributed by atoms with Crippen LogP contribution in [0.4, 0.5) is 0 Å². The molecule has 0 aromatic carbocycles. The third-order valence-electron chi connectivity index (χ3n) is 5.10. The SMILES string of the molecule is Cc1cncc(CO[C@H]2CCOC3(C2)CN(Cc2scnc2C)C3)c1. The van der Waals surface area contributed by atoms with Crippen molar-refractivity contribution in [3.8, 4) is 0 Å². The van der Waals surface area contributed by atoms with E-state index in [2.05, 4.69) is 34.8 Å². The van der Waals surface area contributed by atoms with E-state index in [-0.39, 0.29) is 11.7 Å². The van der Waals surface area contributed by atoms with Gasteiger partial charge in [0.2, 0.25) is 0 Å². The summed E-state index contributed by atoms with van der Waals surface area (Å²) in [5.41, 5.74) is 5.41. The average Bonchev–Trinajstić information content (AvgIpc) is 2.97. The molecule has 0 bridgehead atoms. The summed E-state index contributed by atoms with van der Waals surface area (Å²) in [6.07, 6.45) is 6.02. The third kappa shape index (κ3) is 3.92. The van der Waals surface area contributed by atoms with Crippen LogP contribution in [0.1, 0.15) is 34.5 Å². The Morgan fingerprint density at radius 3 is 3.00 bits per heavy atom. The molecule has 2 fully saturated rings. The van der Waals surface area contributed by atoms with Crippen LogP contribution in [-0.2, 0) is 22.6 Å². The number of pyridine rings is 1. The van der Waals surface area contributed by atoms with Crippen molar-refractivity contribution in [3.05, 3.63) is 45.7 Å². The first-order chi connectivity index (χ1) is 12.1. The number of nitrogens with zero attached hydrogens (tertiary/aromatic N) is 3. The van der Waals surface area contributed by atoms with Gasteiger partial charge < -0.3 is 9.47 Å². The summed E-state index contributed by atoms with van der Waals surface area (Å²) in [6.45, 7) is 8.56. The van der Waals surface area contributed by atoms with Crippen LogP contribution in [0.25, 0.3) is 0 Å². The number of aromatic nitrogens is 2. The lowest BCUT2D eigenvalue weighted by atomic mass is 9.84. The van der Waals surface area contributed by atoms with Gasteiger partial charge in [0.15, 0.2) is 0 Å². The molecular formula is C19H25N3O2S. The van der Waals surface area contributed by atoms with Gasteiger partial charge in [-0.05, 0) is 31.4 Å². The second-order valence-electron chi connectivity index (χ2n) is 7.33. The molecule has 4 heterocycles. The van der Waals surface area contributed by atoms with E-state index in [1.54, 1.807) is 11.3 Å². The van der Waals surface area contributed by atoms with Gasteiger partial charge in [-0.3, -0.25) is 9.88 Å². The van der Waals surface area contributed by atoms with Gasteiger partial charge in [0.1, 0.15) is 0 Å². The summed E-state index contributed by atoms with van der Waals surface area (Å²) in [4.78, 5) is 12.4. The fourth-order valence-corrected chi connectivity index (χ4v) is 4.64. The summed E-state index contributed by atoms with van der Waals surface area (Å²) < 4.78 is 12.3. The molecule has 0 amide bonds. The molecule has 2 saturated heterocycles.